The quantitative estimate of drug-likeness (QED) is 0.367. The monoisotopic (exact) mass is 500 g/mol. The molecule has 0 aliphatic heterocycles. The third kappa shape index (κ3) is 3.53. The number of ketones is 2. The number of carboxylic acids is 1. The molecular weight excluding hydrogens is 456 g/mol. The number of carboxylic acid groups (broad SMARTS) is 1. The summed E-state index contributed by atoms with van der Waals surface area (Å²) in [6, 6.07) is 0. The van der Waals surface area contributed by atoms with Gasteiger partial charge in [-0.3, -0.25) is 9.59 Å². The van der Waals surface area contributed by atoms with Crippen molar-refractivity contribution in [2.24, 2.45) is 39.4 Å². The molecule has 3 N–H and O–H groups in total. The summed E-state index contributed by atoms with van der Waals surface area (Å²) >= 11 is 0. The number of Topliss-reactive ketones (excluding diaryl/α,β-unsaturated/α-hetero) is 2. The van der Waals surface area contributed by atoms with Crippen molar-refractivity contribution in [2.75, 3.05) is 0 Å². The maximum Gasteiger partial charge on any atom is 0.330 e. The molecule has 6 heteroatoms. The first-order valence-corrected chi connectivity index (χ1v) is 13.6. The van der Waals surface area contributed by atoms with Crippen LogP contribution in [0.15, 0.2) is 22.8 Å². The van der Waals surface area contributed by atoms with Gasteiger partial charge < -0.3 is 15.3 Å². The van der Waals surface area contributed by atoms with Crippen LogP contribution in [-0.4, -0.2) is 45.1 Å². The van der Waals surface area contributed by atoms with Crippen molar-refractivity contribution in [1.29, 1.82) is 0 Å². The van der Waals surface area contributed by atoms with Crippen LogP contribution in [0.25, 0.3) is 0 Å². The van der Waals surface area contributed by atoms with Gasteiger partial charge in [-0.05, 0) is 85.7 Å². The zero-order valence-corrected chi connectivity index (χ0v) is 23.0. The van der Waals surface area contributed by atoms with Gasteiger partial charge in [0.15, 0.2) is 0 Å². The number of hydrogen-bond donors (Lipinski definition) is 3. The van der Waals surface area contributed by atoms with E-state index in [1.54, 1.807) is 13.0 Å². The highest BCUT2D eigenvalue weighted by molar-refractivity contribution is 5.93. The highest BCUT2D eigenvalue weighted by Gasteiger charge is 2.70. The highest BCUT2D eigenvalue weighted by atomic mass is 16.4. The van der Waals surface area contributed by atoms with Crippen LogP contribution in [0.4, 0.5) is 0 Å². The number of carbonyl (C=O) groups excluding carboxylic acids is 2. The predicted octanol–water partition coefficient (Wildman–Crippen LogP) is 4.87. The van der Waals surface area contributed by atoms with E-state index in [0.717, 1.165) is 17.6 Å². The Morgan fingerprint density at radius 2 is 1.69 bits per heavy atom. The number of allylic oxidation sites excluding steroid dienone is 1. The van der Waals surface area contributed by atoms with Gasteiger partial charge in [-0.15, -0.1) is 0 Å². The maximum absolute atomic E-state index is 13.9. The van der Waals surface area contributed by atoms with E-state index in [-0.39, 0.29) is 29.3 Å². The first kappa shape index (κ1) is 27.3. The molecule has 6 nitrogen and oxygen atoms in total. The molecule has 0 heterocycles. The molecule has 200 valence electrons. The molecule has 0 bridgehead atoms. The Labute approximate surface area is 215 Å². The zero-order chi connectivity index (χ0) is 27.0. The third-order valence-corrected chi connectivity index (χ3v) is 11.4. The molecule has 4 aliphatic carbocycles. The van der Waals surface area contributed by atoms with E-state index in [1.165, 1.54) is 0 Å². The van der Waals surface area contributed by atoms with E-state index >= 15 is 0 Å². The summed E-state index contributed by atoms with van der Waals surface area (Å²) in [4.78, 5) is 37.9. The molecule has 0 aromatic heterocycles. The molecular formula is C30H44O6. The van der Waals surface area contributed by atoms with E-state index in [1.807, 2.05) is 20.8 Å². The lowest BCUT2D eigenvalue weighted by Gasteiger charge is -2.62. The van der Waals surface area contributed by atoms with E-state index in [9.17, 15) is 24.6 Å². The van der Waals surface area contributed by atoms with Crippen LogP contribution < -0.4 is 0 Å². The van der Waals surface area contributed by atoms with Crippen LogP contribution >= 0.6 is 0 Å². The molecule has 36 heavy (non-hydrogen) atoms. The summed E-state index contributed by atoms with van der Waals surface area (Å²) in [5.74, 6) is -0.481. The number of rotatable bonds is 5. The van der Waals surface area contributed by atoms with Gasteiger partial charge in [0.2, 0.25) is 0 Å². The summed E-state index contributed by atoms with van der Waals surface area (Å²) < 4.78 is 0. The Morgan fingerprint density at radius 3 is 2.31 bits per heavy atom. The smallest absolute Gasteiger partial charge is 0.330 e. The van der Waals surface area contributed by atoms with Crippen LogP contribution in [0, 0.1) is 39.4 Å². The lowest BCUT2D eigenvalue weighted by Crippen LogP contribution is -2.60. The van der Waals surface area contributed by atoms with Crippen molar-refractivity contribution in [3.8, 4) is 0 Å². The summed E-state index contributed by atoms with van der Waals surface area (Å²) in [6.45, 7) is 13.9. The van der Waals surface area contributed by atoms with E-state index in [4.69, 9.17) is 5.11 Å². The summed E-state index contributed by atoms with van der Waals surface area (Å²) in [5.41, 5.74) is -0.525. The largest absolute Gasteiger partial charge is 0.478 e. The minimum Gasteiger partial charge on any atom is -0.478 e. The predicted molar refractivity (Wildman–Crippen MR) is 137 cm³/mol. The van der Waals surface area contributed by atoms with Crippen molar-refractivity contribution in [3.63, 3.8) is 0 Å². The minimum atomic E-state index is -0.918. The van der Waals surface area contributed by atoms with Crippen LogP contribution in [0.1, 0.15) is 93.4 Å². The summed E-state index contributed by atoms with van der Waals surface area (Å²) in [5, 5.41) is 32.5. The Morgan fingerprint density at radius 1 is 1.06 bits per heavy atom. The van der Waals surface area contributed by atoms with Gasteiger partial charge >= 0.3 is 5.97 Å². The van der Waals surface area contributed by atoms with E-state index < -0.39 is 39.8 Å². The lowest BCUT2D eigenvalue weighted by atomic mass is 9.42. The second-order valence-electron chi connectivity index (χ2n) is 13.4. The molecule has 1 unspecified atom stereocenters. The van der Waals surface area contributed by atoms with Crippen LogP contribution in [0.3, 0.4) is 0 Å². The highest BCUT2D eigenvalue weighted by Crippen LogP contribution is 2.71. The molecule has 0 amide bonds. The molecule has 0 aromatic rings. The van der Waals surface area contributed by atoms with Gasteiger partial charge in [-0.1, -0.05) is 40.7 Å². The third-order valence-electron chi connectivity index (χ3n) is 11.4. The van der Waals surface area contributed by atoms with E-state index in [2.05, 4.69) is 20.8 Å². The number of aliphatic hydroxyl groups is 2. The first-order chi connectivity index (χ1) is 16.5. The minimum absolute atomic E-state index is 0.0272. The normalized spacial score (nSPS) is 43.1. The standard InChI is InChI=1S/C30H44O6/c1-16(9-8-10-17(2)26(35)36)18-13-23(34)30(7)25-19(31)14-21-27(3,4)22(33)11-12-28(21,5)24(25)20(32)15-29(18,30)6/h10,16,18-21,31-32H,8-9,11-15H2,1-7H3,(H,35,36)/b17-10+/t16-,18-,19+,20+,21?,28+,29-,30+/m1/s1. The topological polar surface area (TPSA) is 112 Å². The number of carbonyl (C=O) groups is 3. The lowest BCUT2D eigenvalue weighted by molar-refractivity contribution is -0.145. The number of fused-ring (bicyclic) bond motifs is 4. The van der Waals surface area contributed by atoms with Crippen LogP contribution in [0.2, 0.25) is 0 Å². The number of aliphatic carboxylic acids is 1. The SMILES string of the molecule is C/C(=C\CC[C@@H](C)[C@H]1CC(=O)[C@@]2(C)C3=C([C@@H](O)C[C@]12C)[C@@]1(C)CCC(=O)C(C)(C)C1C[C@@H]3O)C(=O)O. The van der Waals surface area contributed by atoms with Crippen molar-refractivity contribution in [2.45, 2.75) is 106 Å². The Hall–Kier alpha value is -1.79. The first-order valence-electron chi connectivity index (χ1n) is 13.6. The average Bonchev–Trinajstić information content (AvgIpc) is 2.99. The molecule has 0 radical (unpaired) electrons. The van der Waals surface area contributed by atoms with Gasteiger partial charge in [-0.2, -0.15) is 0 Å². The molecule has 2 saturated carbocycles. The molecule has 4 aliphatic rings. The van der Waals surface area contributed by atoms with Crippen molar-refractivity contribution < 1.29 is 29.7 Å². The second-order valence-corrected chi connectivity index (χ2v) is 13.4. The fourth-order valence-corrected chi connectivity index (χ4v) is 9.04. The van der Waals surface area contributed by atoms with Gasteiger partial charge in [0.1, 0.15) is 11.6 Å². The van der Waals surface area contributed by atoms with Crippen LogP contribution in [-0.2, 0) is 14.4 Å². The maximum atomic E-state index is 13.9. The second kappa shape index (κ2) is 8.62. The fraction of sp³-hybridized carbons (Fsp3) is 0.767. The van der Waals surface area contributed by atoms with Crippen molar-refractivity contribution >= 4 is 17.5 Å². The van der Waals surface area contributed by atoms with Gasteiger partial charge in [0, 0.05) is 23.8 Å². The average molecular weight is 501 g/mol. The van der Waals surface area contributed by atoms with Crippen molar-refractivity contribution in [1.82, 2.24) is 0 Å². The number of hydrogen-bond acceptors (Lipinski definition) is 5. The number of aliphatic hydroxyl groups excluding tert-OH is 2. The Balaban J connectivity index is 1.75. The van der Waals surface area contributed by atoms with Gasteiger partial charge in [0.05, 0.1) is 17.6 Å². The van der Waals surface area contributed by atoms with Crippen LogP contribution in [0.5, 0.6) is 0 Å². The van der Waals surface area contributed by atoms with E-state index in [0.29, 0.717) is 44.1 Å². The fourth-order valence-electron chi connectivity index (χ4n) is 9.04. The zero-order valence-electron chi connectivity index (χ0n) is 23.0. The summed E-state index contributed by atoms with van der Waals surface area (Å²) in [6.07, 6.45) is 3.87. The molecule has 8 atom stereocenters. The summed E-state index contributed by atoms with van der Waals surface area (Å²) in [7, 11) is 0. The Bertz CT molecular complexity index is 1050. The molecule has 2 fully saturated rings. The molecule has 0 aromatic carbocycles. The van der Waals surface area contributed by atoms with Gasteiger partial charge in [0.25, 0.3) is 0 Å². The molecule has 0 saturated heterocycles. The van der Waals surface area contributed by atoms with Gasteiger partial charge in [-0.25, -0.2) is 4.79 Å². The van der Waals surface area contributed by atoms with Crippen molar-refractivity contribution in [3.05, 3.63) is 22.8 Å². The molecule has 4 rings (SSSR count). The molecule has 0 spiro atoms. The Kier molecular flexibility index (Phi) is 6.53.